The monoisotopic (exact) mass is 612 g/mol. The van der Waals surface area contributed by atoms with E-state index in [-0.39, 0.29) is 23.9 Å². The minimum absolute atomic E-state index is 0.0189. The van der Waals surface area contributed by atoms with Gasteiger partial charge in [-0.15, -0.1) is 0 Å². The molecule has 1 atom stereocenters. The summed E-state index contributed by atoms with van der Waals surface area (Å²) in [7, 11) is -1.23. The van der Waals surface area contributed by atoms with Gasteiger partial charge < -0.3 is 29.6 Å². The first-order valence-corrected chi connectivity index (χ1v) is 17.4. The van der Waals surface area contributed by atoms with Crippen LogP contribution >= 0.6 is 0 Å². The normalized spacial score (nSPS) is 21.0. The Labute approximate surface area is 254 Å². The van der Waals surface area contributed by atoms with Crippen LogP contribution in [0, 0.1) is 0 Å². The Morgan fingerprint density at radius 2 is 1.86 bits per heavy atom. The average molecular weight is 613 g/mol. The van der Waals surface area contributed by atoms with Crippen LogP contribution in [0.25, 0.3) is 16.7 Å². The highest BCUT2D eigenvalue weighted by Crippen LogP contribution is 2.30. The van der Waals surface area contributed by atoms with Gasteiger partial charge in [-0.25, -0.2) is 13.4 Å². The molecule has 43 heavy (non-hydrogen) atoms. The molecular formula is C31H44N6O5S. The number of rotatable bonds is 12. The Kier molecular flexibility index (Phi) is 10.2. The lowest BCUT2D eigenvalue weighted by Gasteiger charge is -2.40. The number of carbonyl (C=O) groups is 1. The molecule has 2 N–H and O–H groups in total. The van der Waals surface area contributed by atoms with E-state index < -0.39 is 9.84 Å². The number of benzene rings is 1. The van der Waals surface area contributed by atoms with Crippen LogP contribution < -0.4 is 15.4 Å². The molecule has 12 heteroatoms. The van der Waals surface area contributed by atoms with Crippen molar-refractivity contribution in [2.45, 2.75) is 76.1 Å². The molecule has 0 spiro atoms. The quantitative estimate of drug-likeness (QED) is 0.231. The summed E-state index contributed by atoms with van der Waals surface area (Å²) in [4.78, 5) is 24.0. The molecule has 1 saturated carbocycles. The second kappa shape index (κ2) is 14.0. The Bertz CT molecular complexity index is 1480. The highest BCUT2D eigenvalue weighted by molar-refractivity contribution is 7.90. The zero-order chi connectivity index (χ0) is 30.4. The van der Waals surface area contributed by atoms with Gasteiger partial charge in [-0.1, -0.05) is 6.07 Å². The zero-order valence-electron chi connectivity index (χ0n) is 25.4. The van der Waals surface area contributed by atoms with Crippen molar-refractivity contribution >= 4 is 32.7 Å². The number of esters is 1. The molecule has 2 aromatic heterocycles. The summed E-state index contributed by atoms with van der Waals surface area (Å²) in [6.07, 6.45) is 11.6. The van der Waals surface area contributed by atoms with E-state index in [4.69, 9.17) is 14.5 Å². The van der Waals surface area contributed by atoms with Crippen LogP contribution in [-0.4, -0.2) is 96.8 Å². The molecule has 0 radical (unpaired) electrons. The van der Waals surface area contributed by atoms with Crippen LogP contribution in [0.5, 0.6) is 5.75 Å². The van der Waals surface area contributed by atoms with Crippen LogP contribution in [0.3, 0.4) is 0 Å². The number of sulfone groups is 1. The number of piperidine rings is 1. The standard InChI is InChI=1S/C31H44N6O5S/c1-22(32-2)30(38)42-25-13-17-36(18-14-25)24-10-8-23(9-11-24)34-31-33-16-12-29(35-31)37-19-15-26-27(37)6-4-7-28(26)41-20-5-21-43(3,39)40/h4,6-7,12,15-16,19,22-25,32H,5,8-11,13-14,17-18,20-21H2,1-3H3,(H,33,34,35)/t22-,23?,24?/m0/s1. The lowest BCUT2D eigenvalue weighted by Crippen LogP contribution is -2.47. The Hall–Kier alpha value is -3.22. The van der Waals surface area contributed by atoms with E-state index in [1.54, 1.807) is 13.2 Å². The molecule has 11 nitrogen and oxygen atoms in total. The number of aromatic nitrogens is 3. The van der Waals surface area contributed by atoms with E-state index in [1.165, 1.54) is 6.26 Å². The Morgan fingerprint density at radius 3 is 2.58 bits per heavy atom. The van der Waals surface area contributed by atoms with E-state index in [1.807, 2.05) is 48.0 Å². The lowest BCUT2D eigenvalue weighted by atomic mass is 9.89. The topological polar surface area (TPSA) is 128 Å². The predicted molar refractivity (Wildman–Crippen MR) is 168 cm³/mol. The highest BCUT2D eigenvalue weighted by Gasteiger charge is 2.31. The van der Waals surface area contributed by atoms with Crippen molar-refractivity contribution in [3.63, 3.8) is 0 Å². The predicted octanol–water partition coefficient (Wildman–Crippen LogP) is 3.57. The van der Waals surface area contributed by atoms with Crippen molar-refractivity contribution in [3.8, 4) is 11.6 Å². The van der Waals surface area contributed by atoms with E-state index in [9.17, 15) is 13.2 Å². The first kappa shape index (κ1) is 31.2. The third kappa shape index (κ3) is 8.24. The molecule has 3 heterocycles. The average Bonchev–Trinajstić information content (AvgIpc) is 3.44. The van der Waals surface area contributed by atoms with Crippen molar-refractivity contribution in [3.05, 3.63) is 42.7 Å². The molecule has 5 rings (SSSR count). The molecule has 1 aliphatic carbocycles. The van der Waals surface area contributed by atoms with Crippen LogP contribution in [0.2, 0.25) is 0 Å². The first-order chi connectivity index (χ1) is 20.7. The molecule has 1 aliphatic heterocycles. The van der Waals surface area contributed by atoms with Gasteiger partial charge in [0.1, 0.15) is 33.6 Å². The minimum Gasteiger partial charge on any atom is -0.493 e. The molecule has 3 aromatic rings. The molecule has 0 unspecified atom stereocenters. The number of fused-ring (bicyclic) bond motifs is 1. The summed E-state index contributed by atoms with van der Waals surface area (Å²) in [6, 6.07) is 10.3. The fourth-order valence-electron chi connectivity index (χ4n) is 6.03. The number of anilines is 1. The van der Waals surface area contributed by atoms with Gasteiger partial charge in [0.2, 0.25) is 5.95 Å². The van der Waals surface area contributed by atoms with Crippen LogP contribution in [0.15, 0.2) is 42.7 Å². The van der Waals surface area contributed by atoms with Crippen molar-refractivity contribution in [1.29, 1.82) is 0 Å². The number of nitrogens with zero attached hydrogens (tertiary/aromatic N) is 4. The largest absolute Gasteiger partial charge is 0.493 e. The fourth-order valence-corrected chi connectivity index (χ4v) is 6.67. The maximum absolute atomic E-state index is 12.1. The van der Waals surface area contributed by atoms with E-state index in [0.29, 0.717) is 31.1 Å². The molecule has 1 aromatic carbocycles. The van der Waals surface area contributed by atoms with Crippen LogP contribution in [0.4, 0.5) is 5.95 Å². The number of hydrogen-bond donors (Lipinski definition) is 2. The second-order valence-corrected chi connectivity index (χ2v) is 14.0. The molecule has 0 bridgehead atoms. The van der Waals surface area contributed by atoms with Gasteiger partial charge in [-0.2, -0.15) is 4.98 Å². The van der Waals surface area contributed by atoms with Crippen molar-refractivity contribution in [2.24, 2.45) is 0 Å². The molecule has 2 fully saturated rings. The smallest absolute Gasteiger partial charge is 0.323 e. The summed E-state index contributed by atoms with van der Waals surface area (Å²) in [5, 5.41) is 7.46. The van der Waals surface area contributed by atoms with Crippen molar-refractivity contribution in [1.82, 2.24) is 24.8 Å². The summed E-state index contributed by atoms with van der Waals surface area (Å²) >= 11 is 0. The lowest BCUT2D eigenvalue weighted by molar-refractivity contribution is -0.153. The van der Waals surface area contributed by atoms with Gasteiger partial charge in [0.05, 0.1) is 17.9 Å². The summed E-state index contributed by atoms with van der Waals surface area (Å²) in [5.41, 5.74) is 0.959. The van der Waals surface area contributed by atoms with Gasteiger partial charge in [-0.05, 0) is 83.2 Å². The zero-order valence-corrected chi connectivity index (χ0v) is 26.2. The van der Waals surface area contributed by atoms with E-state index >= 15 is 0 Å². The maximum Gasteiger partial charge on any atom is 0.323 e. The number of nitrogens with one attached hydrogen (secondary N) is 2. The highest BCUT2D eigenvalue weighted by atomic mass is 32.2. The second-order valence-electron chi connectivity index (χ2n) is 11.8. The third-order valence-electron chi connectivity index (χ3n) is 8.59. The minimum atomic E-state index is -3.01. The first-order valence-electron chi connectivity index (χ1n) is 15.3. The van der Waals surface area contributed by atoms with Gasteiger partial charge in [-0.3, -0.25) is 4.79 Å². The number of likely N-dealkylation sites (N-methyl/N-ethyl adjacent to an activating group) is 1. The third-order valence-corrected chi connectivity index (χ3v) is 9.62. The molecule has 1 saturated heterocycles. The maximum atomic E-state index is 12.1. The van der Waals surface area contributed by atoms with Gasteiger partial charge in [0.25, 0.3) is 0 Å². The molecule has 2 aliphatic rings. The van der Waals surface area contributed by atoms with Gasteiger partial charge >= 0.3 is 5.97 Å². The molecule has 0 amide bonds. The SMILES string of the molecule is CN[C@@H](C)C(=O)OC1CCN(C2CCC(Nc3nccc(-n4ccc5c(OCCCS(C)(=O)=O)cccc54)n3)CC2)CC1. The number of carbonyl (C=O) groups excluding carboxylic acids is 1. The number of ether oxygens (including phenoxy) is 2. The number of likely N-dealkylation sites (tertiary alicyclic amines) is 1. The molecule has 234 valence electrons. The number of hydrogen-bond acceptors (Lipinski definition) is 10. The van der Waals surface area contributed by atoms with Crippen molar-refractivity contribution in [2.75, 3.05) is 44.1 Å². The van der Waals surface area contributed by atoms with Gasteiger partial charge in [0, 0.05) is 49.2 Å². The Balaban J connectivity index is 1.13. The fraction of sp³-hybridized carbons (Fsp3) is 0.581. The summed E-state index contributed by atoms with van der Waals surface area (Å²) in [6.45, 7) is 4.11. The summed E-state index contributed by atoms with van der Waals surface area (Å²) < 4.78 is 36.5. The Morgan fingerprint density at radius 1 is 1.09 bits per heavy atom. The van der Waals surface area contributed by atoms with E-state index in [0.717, 1.165) is 74.1 Å². The van der Waals surface area contributed by atoms with Gasteiger partial charge in [0.15, 0.2) is 0 Å². The van der Waals surface area contributed by atoms with Crippen LogP contribution in [0.1, 0.15) is 51.9 Å². The summed E-state index contributed by atoms with van der Waals surface area (Å²) in [5.74, 6) is 2.05. The van der Waals surface area contributed by atoms with Crippen LogP contribution in [-0.2, 0) is 19.4 Å². The van der Waals surface area contributed by atoms with Crippen molar-refractivity contribution < 1.29 is 22.7 Å². The van der Waals surface area contributed by atoms with E-state index in [2.05, 4.69) is 20.5 Å². The molecular weight excluding hydrogens is 568 g/mol.